The van der Waals surface area contributed by atoms with Gasteiger partial charge in [0, 0.05) is 5.56 Å². The van der Waals surface area contributed by atoms with Crippen molar-refractivity contribution in [1.82, 2.24) is 0 Å². The first-order chi connectivity index (χ1) is 6.38. The topological polar surface area (TPSA) is 0 Å². The first-order valence-electron chi connectivity index (χ1n) is 5.28. The van der Waals surface area contributed by atoms with E-state index in [1.54, 1.807) is 0 Å². The number of hydrogen-bond acceptors (Lipinski definition) is 0. The summed E-state index contributed by atoms with van der Waals surface area (Å²) in [6.45, 7) is 5.56. The van der Waals surface area contributed by atoms with Crippen LogP contribution in [0.4, 0.5) is 0 Å². The van der Waals surface area contributed by atoms with Crippen LogP contribution in [0.3, 0.4) is 0 Å². The zero-order valence-corrected chi connectivity index (χ0v) is 10.0. The number of benzene rings is 1. The van der Waals surface area contributed by atoms with E-state index < -0.39 is 0 Å². The summed E-state index contributed by atoms with van der Waals surface area (Å²) >= 11 is 0. The summed E-state index contributed by atoms with van der Waals surface area (Å²) in [6.07, 6.45) is 0. The Hall–Kier alpha value is -0.820. The molecule has 0 fully saturated rings. The van der Waals surface area contributed by atoms with Crippen LogP contribution in [-0.4, -0.2) is 25.6 Å². The second-order valence-electron chi connectivity index (χ2n) is 5.34. The van der Waals surface area contributed by atoms with Gasteiger partial charge >= 0.3 is 0 Å². The van der Waals surface area contributed by atoms with Gasteiger partial charge < -0.3 is 4.48 Å². The van der Waals surface area contributed by atoms with E-state index in [0.717, 1.165) is 11.0 Å². The van der Waals surface area contributed by atoms with Crippen molar-refractivity contribution in [1.29, 1.82) is 0 Å². The van der Waals surface area contributed by atoms with E-state index >= 15 is 0 Å². The Kier molecular flexibility index (Phi) is 3.33. The number of rotatable bonds is 3. The molecule has 0 N–H and O–H groups in total. The van der Waals surface area contributed by atoms with E-state index in [-0.39, 0.29) is 0 Å². The predicted octanol–water partition coefficient (Wildman–Crippen LogP) is 3.02. The van der Waals surface area contributed by atoms with E-state index in [9.17, 15) is 0 Å². The molecule has 0 heterocycles. The fourth-order valence-electron chi connectivity index (χ4n) is 1.56. The van der Waals surface area contributed by atoms with Gasteiger partial charge in [-0.05, 0) is 11.5 Å². The maximum atomic E-state index is 2.25. The van der Waals surface area contributed by atoms with Crippen molar-refractivity contribution in [3.8, 4) is 0 Å². The summed E-state index contributed by atoms with van der Waals surface area (Å²) < 4.78 is 0.987. The second-order valence-corrected chi connectivity index (χ2v) is 5.34. The van der Waals surface area contributed by atoms with E-state index in [4.69, 9.17) is 0 Å². The minimum absolute atomic E-state index is 0.633. The highest BCUT2D eigenvalue weighted by atomic mass is 15.3. The van der Waals surface area contributed by atoms with Gasteiger partial charge in [0.15, 0.2) is 0 Å². The molecule has 0 aliphatic rings. The molecule has 0 radical (unpaired) electrons. The molecule has 0 unspecified atom stereocenters. The molecule has 0 aliphatic carbocycles. The summed E-state index contributed by atoms with van der Waals surface area (Å²) in [6, 6.07) is 8.99. The smallest absolute Gasteiger partial charge is 0.104 e. The van der Waals surface area contributed by atoms with Gasteiger partial charge in [-0.2, -0.15) is 0 Å². The fourth-order valence-corrected chi connectivity index (χ4v) is 1.56. The van der Waals surface area contributed by atoms with E-state index in [1.165, 1.54) is 11.1 Å². The third-order valence-corrected chi connectivity index (χ3v) is 2.30. The normalized spacial score (nSPS) is 12.1. The summed E-state index contributed by atoms with van der Waals surface area (Å²) in [5, 5.41) is 0. The van der Waals surface area contributed by atoms with Crippen molar-refractivity contribution >= 4 is 0 Å². The predicted molar refractivity (Wildman–Crippen MR) is 62.3 cm³/mol. The highest BCUT2D eigenvalue weighted by Gasteiger charge is 2.08. The maximum absolute atomic E-state index is 2.25. The Morgan fingerprint density at radius 3 is 1.86 bits per heavy atom. The Morgan fingerprint density at radius 2 is 1.50 bits per heavy atom. The monoisotopic (exact) mass is 192 g/mol. The molecule has 0 saturated carbocycles. The largest absolute Gasteiger partial charge is 0.327 e. The summed E-state index contributed by atoms with van der Waals surface area (Å²) in [4.78, 5) is 0. The van der Waals surface area contributed by atoms with Crippen LogP contribution in [0.1, 0.15) is 30.9 Å². The molecule has 1 nitrogen and oxygen atoms in total. The van der Waals surface area contributed by atoms with Gasteiger partial charge in [-0.15, -0.1) is 0 Å². The molecule has 0 bridgehead atoms. The minimum Gasteiger partial charge on any atom is -0.327 e. The lowest BCUT2D eigenvalue weighted by Crippen LogP contribution is -2.33. The Bertz CT molecular complexity index is 277. The molecular weight excluding hydrogens is 170 g/mol. The van der Waals surface area contributed by atoms with Gasteiger partial charge in [0.05, 0.1) is 21.1 Å². The lowest BCUT2D eigenvalue weighted by atomic mass is 10.0. The lowest BCUT2D eigenvalue weighted by molar-refractivity contribution is -0.884. The molecule has 14 heavy (non-hydrogen) atoms. The molecule has 1 heteroatoms. The van der Waals surface area contributed by atoms with Crippen LogP contribution in [0.2, 0.25) is 0 Å². The molecule has 0 saturated heterocycles. The van der Waals surface area contributed by atoms with Gasteiger partial charge in [-0.25, -0.2) is 0 Å². The second kappa shape index (κ2) is 4.14. The first-order valence-corrected chi connectivity index (χ1v) is 5.28. The minimum atomic E-state index is 0.633. The zero-order chi connectivity index (χ0) is 10.8. The van der Waals surface area contributed by atoms with Crippen LogP contribution in [0.15, 0.2) is 24.3 Å². The lowest BCUT2D eigenvalue weighted by Gasteiger charge is -2.24. The highest BCUT2D eigenvalue weighted by Crippen LogP contribution is 2.15. The van der Waals surface area contributed by atoms with Crippen LogP contribution in [-0.2, 0) is 6.54 Å². The van der Waals surface area contributed by atoms with Gasteiger partial charge in [0.25, 0.3) is 0 Å². The number of hydrogen-bond donors (Lipinski definition) is 0. The summed E-state index contributed by atoms with van der Waals surface area (Å²) in [5.74, 6) is 0.633. The van der Waals surface area contributed by atoms with Gasteiger partial charge in [-0.3, -0.25) is 0 Å². The van der Waals surface area contributed by atoms with Gasteiger partial charge in [0.1, 0.15) is 6.54 Å². The van der Waals surface area contributed by atoms with Crippen molar-refractivity contribution in [2.24, 2.45) is 0 Å². The molecule has 1 aromatic rings. The van der Waals surface area contributed by atoms with Crippen molar-refractivity contribution in [3.05, 3.63) is 35.4 Å². The Balaban J connectivity index is 2.74. The van der Waals surface area contributed by atoms with Gasteiger partial charge in [0.2, 0.25) is 0 Å². The average Bonchev–Trinajstić information content (AvgIpc) is 2.02. The SMILES string of the molecule is CC(C)c1ccc(C[N+](C)(C)C)cc1. The molecule has 78 valence electrons. The molecule has 1 rings (SSSR count). The maximum Gasteiger partial charge on any atom is 0.104 e. The standard InChI is InChI=1S/C13H22N/c1-11(2)13-8-6-12(7-9-13)10-14(3,4)5/h6-9,11H,10H2,1-5H3/q+1. The third-order valence-electron chi connectivity index (χ3n) is 2.30. The summed E-state index contributed by atoms with van der Waals surface area (Å²) in [5.41, 5.74) is 2.84. The molecular formula is C13H22N+. The van der Waals surface area contributed by atoms with Crippen LogP contribution >= 0.6 is 0 Å². The number of quaternary nitrogens is 1. The quantitative estimate of drug-likeness (QED) is 0.646. The van der Waals surface area contributed by atoms with E-state index in [2.05, 4.69) is 59.3 Å². The van der Waals surface area contributed by atoms with Crippen molar-refractivity contribution in [3.63, 3.8) is 0 Å². The van der Waals surface area contributed by atoms with Crippen molar-refractivity contribution < 1.29 is 4.48 Å². The third kappa shape index (κ3) is 3.51. The fraction of sp³-hybridized carbons (Fsp3) is 0.538. The Morgan fingerprint density at radius 1 is 1.00 bits per heavy atom. The Labute approximate surface area is 88.0 Å². The highest BCUT2D eigenvalue weighted by molar-refractivity contribution is 5.24. The molecule has 0 spiro atoms. The zero-order valence-electron chi connectivity index (χ0n) is 10.0. The van der Waals surface area contributed by atoms with Gasteiger partial charge in [-0.1, -0.05) is 38.1 Å². The van der Waals surface area contributed by atoms with Crippen molar-refractivity contribution in [2.45, 2.75) is 26.3 Å². The van der Waals surface area contributed by atoms with Crippen LogP contribution in [0.25, 0.3) is 0 Å². The molecule has 0 amide bonds. The average molecular weight is 192 g/mol. The molecule has 0 aromatic heterocycles. The molecule has 0 aliphatic heterocycles. The van der Waals surface area contributed by atoms with Crippen LogP contribution < -0.4 is 0 Å². The van der Waals surface area contributed by atoms with E-state index in [0.29, 0.717) is 5.92 Å². The van der Waals surface area contributed by atoms with E-state index in [1.807, 2.05) is 0 Å². The molecule has 1 aromatic carbocycles. The van der Waals surface area contributed by atoms with Crippen LogP contribution in [0, 0.1) is 0 Å². The first kappa shape index (κ1) is 11.3. The summed E-state index contributed by atoms with van der Waals surface area (Å²) in [7, 11) is 6.66. The number of nitrogens with zero attached hydrogens (tertiary/aromatic N) is 1. The van der Waals surface area contributed by atoms with Crippen molar-refractivity contribution in [2.75, 3.05) is 21.1 Å². The molecule has 0 atom stereocenters. The van der Waals surface area contributed by atoms with Crippen LogP contribution in [0.5, 0.6) is 0 Å².